The van der Waals surface area contributed by atoms with E-state index in [2.05, 4.69) is 6.92 Å². The van der Waals surface area contributed by atoms with Crippen LogP contribution in [0.15, 0.2) is 84.9 Å². The topological polar surface area (TPSA) is 33.2 Å². The van der Waals surface area contributed by atoms with Gasteiger partial charge in [0.2, 0.25) is 5.91 Å². The SMILES string of the molecule is CCc1sc(N(C(=O)Cc2ccccc2)c2ccccc2Cl)nc1-c1ccccc1. The molecule has 0 fully saturated rings. The Kier molecular flexibility index (Phi) is 6.26. The number of amides is 1. The minimum Gasteiger partial charge on any atom is -0.274 e. The first kappa shape index (κ1) is 20.3. The monoisotopic (exact) mass is 432 g/mol. The van der Waals surface area contributed by atoms with Gasteiger partial charge < -0.3 is 0 Å². The number of hydrogen-bond acceptors (Lipinski definition) is 3. The molecule has 1 heterocycles. The van der Waals surface area contributed by atoms with Crippen LogP contribution in [0, 0.1) is 0 Å². The van der Waals surface area contributed by atoms with Crippen LogP contribution in [-0.4, -0.2) is 10.9 Å². The molecule has 0 unspecified atom stereocenters. The van der Waals surface area contributed by atoms with Gasteiger partial charge in [0.15, 0.2) is 5.13 Å². The van der Waals surface area contributed by atoms with Crippen molar-refractivity contribution in [1.82, 2.24) is 4.98 Å². The number of aryl methyl sites for hydroxylation is 1. The third-order valence-electron chi connectivity index (χ3n) is 4.79. The zero-order valence-corrected chi connectivity index (χ0v) is 18.2. The van der Waals surface area contributed by atoms with Gasteiger partial charge in [-0.2, -0.15) is 0 Å². The van der Waals surface area contributed by atoms with Crippen LogP contribution in [0.25, 0.3) is 11.3 Å². The molecule has 3 aromatic carbocycles. The summed E-state index contributed by atoms with van der Waals surface area (Å²) in [7, 11) is 0. The lowest BCUT2D eigenvalue weighted by Gasteiger charge is -2.21. The smallest absolute Gasteiger partial charge is 0.237 e. The molecule has 1 amide bonds. The van der Waals surface area contributed by atoms with Gasteiger partial charge in [0.05, 0.1) is 22.8 Å². The van der Waals surface area contributed by atoms with Crippen LogP contribution in [0.3, 0.4) is 0 Å². The van der Waals surface area contributed by atoms with E-state index in [-0.39, 0.29) is 12.3 Å². The lowest BCUT2D eigenvalue weighted by Crippen LogP contribution is -2.27. The molecule has 4 aromatic rings. The Morgan fingerprint density at radius 2 is 1.57 bits per heavy atom. The van der Waals surface area contributed by atoms with Crippen molar-refractivity contribution in [3.05, 3.63) is 100 Å². The Morgan fingerprint density at radius 3 is 2.23 bits per heavy atom. The van der Waals surface area contributed by atoms with E-state index in [1.165, 1.54) is 0 Å². The second-order valence-corrected chi connectivity index (χ2v) is 8.30. The highest BCUT2D eigenvalue weighted by Gasteiger charge is 2.25. The molecule has 0 spiro atoms. The summed E-state index contributed by atoms with van der Waals surface area (Å²) >= 11 is 8.04. The molecule has 0 bridgehead atoms. The molecule has 30 heavy (non-hydrogen) atoms. The molecule has 0 aliphatic heterocycles. The first-order chi connectivity index (χ1) is 14.7. The van der Waals surface area contributed by atoms with Gasteiger partial charge >= 0.3 is 0 Å². The molecule has 0 saturated carbocycles. The number of carbonyl (C=O) groups excluding carboxylic acids is 1. The predicted molar refractivity (Wildman–Crippen MR) is 126 cm³/mol. The van der Waals surface area contributed by atoms with Crippen LogP contribution in [0.1, 0.15) is 17.4 Å². The standard InChI is InChI=1S/C25H21ClN2OS/c1-2-22-24(19-13-7-4-8-14-19)27-25(30-22)28(21-16-10-9-15-20(21)26)23(29)17-18-11-5-3-6-12-18/h3-16H,2,17H2,1H3. The first-order valence-corrected chi connectivity index (χ1v) is 11.0. The third-order valence-corrected chi connectivity index (χ3v) is 6.29. The normalized spacial score (nSPS) is 10.7. The number of halogens is 1. The van der Waals surface area contributed by atoms with Crippen molar-refractivity contribution in [3.8, 4) is 11.3 Å². The van der Waals surface area contributed by atoms with Crippen molar-refractivity contribution < 1.29 is 4.79 Å². The van der Waals surface area contributed by atoms with E-state index < -0.39 is 0 Å². The summed E-state index contributed by atoms with van der Waals surface area (Å²) in [6, 6.07) is 27.2. The number of anilines is 2. The Balaban J connectivity index is 1.79. The average Bonchev–Trinajstić information content (AvgIpc) is 3.20. The molecule has 5 heteroatoms. The maximum Gasteiger partial charge on any atom is 0.237 e. The van der Waals surface area contributed by atoms with Gasteiger partial charge in [-0.05, 0) is 24.1 Å². The van der Waals surface area contributed by atoms with Crippen LogP contribution < -0.4 is 4.90 Å². The fourth-order valence-electron chi connectivity index (χ4n) is 3.32. The highest BCUT2D eigenvalue weighted by atomic mass is 35.5. The summed E-state index contributed by atoms with van der Waals surface area (Å²) in [5.74, 6) is -0.0645. The fourth-order valence-corrected chi connectivity index (χ4v) is 4.60. The summed E-state index contributed by atoms with van der Waals surface area (Å²) in [5, 5.41) is 1.16. The van der Waals surface area contributed by atoms with Crippen molar-refractivity contribution in [1.29, 1.82) is 0 Å². The number of hydrogen-bond donors (Lipinski definition) is 0. The second-order valence-electron chi connectivity index (χ2n) is 6.83. The van der Waals surface area contributed by atoms with E-state index in [0.29, 0.717) is 15.8 Å². The Labute approximate surface area is 185 Å². The van der Waals surface area contributed by atoms with Crippen molar-refractivity contribution in [2.75, 3.05) is 4.90 Å². The fraction of sp³-hybridized carbons (Fsp3) is 0.120. The highest BCUT2D eigenvalue weighted by molar-refractivity contribution is 7.16. The number of para-hydroxylation sites is 1. The summed E-state index contributed by atoms with van der Waals surface area (Å²) in [4.78, 5) is 21.1. The van der Waals surface area contributed by atoms with Crippen molar-refractivity contribution in [3.63, 3.8) is 0 Å². The minimum atomic E-state index is -0.0645. The van der Waals surface area contributed by atoms with Gasteiger partial charge in [-0.15, -0.1) is 11.3 Å². The Morgan fingerprint density at radius 1 is 0.933 bits per heavy atom. The summed E-state index contributed by atoms with van der Waals surface area (Å²) < 4.78 is 0. The van der Waals surface area contributed by atoms with Gasteiger partial charge in [0, 0.05) is 10.4 Å². The van der Waals surface area contributed by atoms with Gasteiger partial charge in [0.25, 0.3) is 0 Å². The summed E-state index contributed by atoms with van der Waals surface area (Å²) in [6.07, 6.45) is 1.11. The predicted octanol–water partition coefficient (Wildman–Crippen LogP) is 6.93. The molecule has 0 N–H and O–H groups in total. The number of nitrogens with zero attached hydrogens (tertiary/aromatic N) is 2. The molecule has 0 atom stereocenters. The largest absolute Gasteiger partial charge is 0.274 e. The van der Waals surface area contributed by atoms with Crippen molar-refractivity contribution >= 4 is 39.7 Å². The zero-order chi connectivity index (χ0) is 20.9. The van der Waals surface area contributed by atoms with Crippen LogP contribution in [0.5, 0.6) is 0 Å². The van der Waals surface area contributed by atoms with Crippen LogP contribution >= 0.6 is 22.9 Å². The molecule has 150 valence electrons. The van der Waals surface area contributed by atoms with Gasteiger partial charge in [0.1, 0.15) is 0 Å². The number of rotatable bonds is 6. The molecule has 0 radical (unpaired) electrons. The maximum absolute atomic E-state index is 13.4. The van der Waals surface area contributed by atoms with Crippen molar-refractivity contribution in [2.45, 2.75) is 19.8 Å². The van der Waals surface area contributed by atoms with E-state index >= 15 is 0 Å². The van der Waals surface area contributed by atoms with Crippen LogP contribution in [0.2, 0.25) is 5.02 Å². The second kappa shape index (κ2) is 9.24. The lowest BCUT2D eigenvalue weighted by molar-refractivity contribution is -0.117. The average molecular weight is 433 g/mol. The van der Waals surface area contributed by atoms with E-state index in [9.17, 15) is 4.79 Å². The van der Waals surface area contributed by atoms with E-state index in [4.69, 9.17) is 16.6 Å². The van der Waals surface area contributed by atoms with Gasteiger partial charge in [-0.1, -0.05) is 91.3 Å². The number of aromatic nitrogens is 1. The summed E-state index contributed by atoms with van der Waals surface area (Å²) in [6.45, 7) is 2.11. The molecule has 4 rings (SSSR count). The Bertz CT molecular complexity index is 1140. The molecule has 0 saturated heterocycles. The van der Waals surface area contributed by atoms with E-state index in [0.717, 1.165) is 28.1 Å². The molecular weight excluding hydrogens is 412 g/mol. The third kappa shape index (κ3) is 4.30. The van der Waals surface area contributed by atoms with E-state index in [1.807, 2.05) is 78.9 Å². The quantitative estimate of drug-likeness (QED) is 0.331. The molecular formula is C25H21ClN2OS. The first-order valence-electron chi connectivity index (χ1n) is 9.84. The molecule has 0 aliphatic carbocycles. The zero-order valence-electron chi connectivity index (χ0n) is 16.6. The minimum absolute atomic E-state index is 0.0645. The van der Waals surface area contributed by atoms with Crippen molar-refractivity contribution in [2.24, 2.45) is 0 Å². The summed E-state index contributed by atoms with van der Waals surface area (Å²) in [5.41, 5.74) is 3.57. The van der Waals surface area contributed by atoms with E-state index in [1.54, 1.807) is 22.3 Å². The van der Waals surface area contributed by atoms with Crippen LogP contribution in [-0.2, 0) is 17.6 Å². The molecule has 1 aromatic heterocycles. The maximum atomic E-state index is 13.4. The number of benzene rings is 3. The van der Waals surface area contributed by atoms with Gasteiger partial charge in [-0.25, -0.2) is 4.98 Å². The molecule has 0 aliphatic rings. The highest BCUT2D eigenvalue weighted by Crippen LogP contribution is 2.39. The number of carbonyl (C=O) groups is 1. The Hall–Kier alpha value is -2.95. The molecule has 3 nitrogen and oxygen atoms in total. The lowest BCUT2D eigenvalue weighted by atomic mass is 10.1. The number of thiazole rings is 1. The van der Waals surface area contributed by atoms with Gasteiger partial charge in [-0.3, -0.25) is 9.69 Å². The van der Waals surface area contributed by atoms with Crippen LogP contribution in [0.4, 0.5) is 10.8 Å².